The minimum absolute atomic E-state index is 0.280. The van der Waals surface area contributed by atoms with Crippen LogP contribution in [0.2, 0.25) is 0 Å². The van der Waals surface area contributed by atoms with Crippen LogP contribution in [-0.2, 0) is 6.42 Å². The number of carbonyl (C=O) groups excluding carboxylic acids is 1. The molecule has 0 heterocycles. The van der Waals surface area contributed by atoms with Gasteiger partial charge in [0, 0.05) is 11.5 Å². The standard InChI is InChI=1S/C15H20O/c1-3-12-5-4-6-13(10-12)15(16)14-8-7-11(2)9-14/h4-6,10-11,14H,3,7-9H2,1-2H3. The van der Waals surface area contributed by atoms with Crippen molar-refractivity contribution < 1.29 is 4.79 Å². The molecule has 1 heteroatoms. The molecule has 1 aliphatic carbocycles. The number of hydrogen-bond acceptors (Lipinski definition) is 1. The minimum Gasteiger partial charge on any atom is -0.294 e. The van der Waals surface area contributed by atoms with Crippen LogP contribution in [0.3, 0.4) is 0 Å². The van der Waals surface area contributed by atoms with Crippen molar-refractivity contribution in [2.45, 2.75) is 39.5 Å². The quantitative estimate of drug-likeness (QED) is 0.701. The molecule has 2 rings (SSSR count). The van der Waals surface area contributed by atoms with Gasteiger partial charge in [0.05, 0.1) is 0 Å². The molecule has 0 amide bonds. The van der Waals surface area contributed by atoms with E-state index in [1.165, 1.54) is 12.0 Å². The van der Waals surface area contributed by atoms with Crippen LogP contribution in [0, 0.1) is 11.8 Å². The van der Waals surface area contributed by atoms with E-state index in [1.807, 2.05) is 12.1 Å². The molecule has 0 bridgehead atoms. The predicted octanol–water partition coefficient (Wildman–Crippen LogP) is 3.87. The molecule has 0 aromatic heterocycles. The van der Waals surface area contributed by atoms with E-state index < -0.39 is 0 Å². The monoisotopic (exact) mass is 216 g/mol. The fourth-order valence-electron chi connectivity index (χ4n) is 2.63. The Kier molecular flexibility index (Phi) is 3.42. The number of rotatable bonds is 3. The Hall–Kier alpha value is -1.11. The molecular formula is C15H20O. The molecule has 2 unspecified atom stereocenters. The summed E-state index contributed by atoms with van der Waals surface area (Å²) in [5, 5.41) is 0. The summed E-state index contributed by atoms with van der Waals surface area (Å²) >= 11 is 0. The maximum absolute atomic E-state index is 12.3. The third-order valence-corrected chi connectivity index (χ3v) is 3.69. The van der Waals surface area contributed by atoms with Gasteiger partial charge in [-0.25, -0.2) is 0 Å². The van der Waals surface area contributed by atoms with Gasteiger partial charge in [0.25, 0.3) is 0 Å². The molecule has 1 aliphatic rings. The van der Waals surface area contributed by atoms with Gasteiger partial charge in [-0.2, -0.15) is 0 Å². The van der Waals surface area contributed by atoms with E-state index in [9.17, 15) is 4.79 Å². The average Bonchev–Trinajstić information content (AvgIpc) is 2.75. The molecular weight excluding hydrogens is 196 g/mol. The Balaban J connectivity index is 2.14. The SMILES string of the molecule is CCc1cccc(C(=O)C2CCC(C)C2)c1. The van der Waals surface area contributed by atoms with Crippen LogP contribution in [0.25, 0.3) is 0 Å². The first kappa shape index (κ1) is 11.4. The number of benzene rings is 1. The van der Waals surface area contributed by atoms with E-state index in [-0.39, 0.29) is 5.92 Å². The third-order valence-electron chi connectivity index (χ3n) is 3.69. The second-order valence-electron chi connectivity index (χ2n) is 5.03. The summed E-state index contributed by atoms with van der Waals surface area (Å²) in [6.45, 7) is 4.37. The lowest BCUT2D eigenvalue weighted by Gasteiger charge is -2.09. The van der Waals surface area contributed by atoms with Crippen molar-refractivity contribution in [3.63, 3.8) is 0 Å². The van der Waals surface area contributed by atoms with Gasteiger partial charge in [-0.1, -0.05) is 32.0 Å². The molecule has 0 saturated heterocycles. The Morgan fingerprint density at radius 2 is 2.19 bits per heavy atom. The number of ketones is 1. The van der Waals surface area contributed by atoms with Crippen molar-refractivity contribution in [2.75, 3.05) is 0 Å². The summed E-state index contributed by atoms with van der Waals surface area (Å²) in [7, 11) is 0. The lowest BCUT2D eigenvalue weighted by Crippen LogP contribution is -2.11. The van der Waals surface area contributed by atoms with Crippen LogP contribution in [0.5, 0.6) is 0 Å². The van der Waals surface area contributed by atoms with Crippen molar-refractivity contribution in [1.82, 2.24) is 0 Å². The first-order valence-electron chi connectivity index (χ1n) is 6.34. The van der Waals surface area contributed by atoms with E-state index in [4.69, 9.17) is 0 Å². The number of Topliss-reactive ketones (excluding diaryl/α,β-unsaturated/α-hetero) is 1. The summed E-state index contributed by atoms with van der Waals surface area (Å²) in [6, 6.07) is 8.12. The van der Waals surface area contributed by atoms with Gasteiger partial charge in [-0.3, -0.25) is 4.79 Å². The van der Waals surface area contributed by atoms with Crippen molar-refractivity contribution >= 4 is 5.78 Å². The van der Waals surface area contributed by atoms with E-state index >= 15 is 0 Å². The summed E-state index contributed by atoms with van der Waals surface area (Å²) in [5.41, 5.74) is 2.18. The van der Waals surface area contributed by atoms with Gasteiger partial charge in [-0.05, 0) is 43.2 Å². The first-order chi connectivity index (χ1) is 7.70. The maximum atomic E-state index is 12.3. The van der Waals surface area contributed by atoms with Gasteiger partial charge >= 0.3 is 0 Å². The zero-order valence-corrected chi connectivity index (χ0v) is 10.2. The van der Waals surface area contributed by atoms with Crippen LogP contribution in [0.4, 0.5) is 0 Å². The van der Waals surface area contributed by atoms with Crippen molar-refractivity contribution in [2.24, 2.45) is 11.8 Å². The zero-order chi connectivity index (χ0) is 11.5. The van der Waals surface area contributed by atoms with Crippen molar-refractivity contribution in [1.29, 1.82) is 0 Å². The van der Waals surface area contributed by atoms with Crippen molar-refractivity contribution in [3.8, 4) is 0 Å². The second kappa shape index (κ2) is 4.82. The Labute approximate surface area is 97.9 Å². The fraction of sp³-hybridized carbons (Fsp3) is 0.533. The number of hydrogen-bond donors (Lipinski definition) is 0. The van der Waals surface area contributed by atoms with Gasteiger partial charge < -0.3 is 0 Å². The lowest BCUT2D eigenvalue weighted by atomic mass is 9.94. The Bertz CT molecular complexity index is 381. The summed E-state index contributed by atoms with van der Waals surface area (Å²) < 4.78 is 0. The van der Waals surface area contributed by atoms with E-state index in [0.717, 1.165) is 30.7 Å². The Morgan fingerprint density at radius 1 is 1.38 bits per heavy atom. The molecule has 2 atom stereocenters. The maximum Gasteiger partial charge on any atom is 0.165 e. The topological polar surface area (TPSA) is 17.1 Å². The molecule has 1 nitrogen and oxygen atoms in total. The molecule has 0 N–H and O–H groups in total. The molecule has 1 saturated carbocycles. The van der Waals surface area contributed by atoms with Crippen LogP contribution in [0.15, 0.2) is 24.3 Å². The lowest BCUT2D eigenvalue weighted by molar-refractivity contribution is 0.0920. The molecule has 0 aliphatic heterocycles. The number of aryl methyl sites for hydroxylation is 1. The van der Waals surface area contributed by atoms with E-state index in [2.05, 4.69) is 26.0 Å². The minimum atomic E-state index is 0.280. The molecule has 0 spiro atoms. The highest BCUT2D eigenvalue weighted by molar-refractivity contribution is 5.98. The average molecular weight is 216 g/mol. The highest BCUT2D eigenvalue weighted by Crippen LogP contribution is 2.32. The van der Waals surface area contributed by atoms with Gasteiger partial charge in [0.1, 0.15) is 0 Å². The van der Waals surface area contributed by atoms with Crippen LogP contribution < -0.4 is 0 Å². The van der Waals surface area contributed by atoms with Crippen LogP contribution in [-0.4, -0.2) is 5.78 Å². The summed E-state index contributed by atoms with van der Waals surface area (Å²) in [6.07, 6.45) is 4.37. The fourth-order valence-corrected chi connectivity index (χ4v) is 2.63. The molecule has 1 aromatic carbocycles. The van der Waals surface area contributed by atoms with E-state index in [1.54, 1.807) is 0 Å². The molecule has 1 aromatic rings. The smallest absolute Gasteiger partial charge is 0.165 e. The second-order valence-corrected chi connectivity index (χ2v) is 5.03. The third kappa shape index (κ3) is 2.34. The molecule has 16 heavy (non-hydrogen) atoms. The molecule has 86 valence electrons. The highest BCUT2D eigenvalue weighted by Gasteiger charge is 2.27. The Morgan fingerprint density at radius 3 is 2.81 bits per heavy atom. The summed E-state index contributed by atoms with van der Waals surface area (Å²) in [5.74, 6) is 1.37. The predicted molar refractivity (Wildman–Crippen MR) is 66.7 cm³/mol. The van der Waals surface area contributed by atoms with Gasteiger partial charge in [-0.15, -0.1) is 0 Å². The van der Waals surface area contributed by atoms with Crippen LogP contribution >= 0.6 is 0 Å². The zero-order valence-electron chi connectivity index (χ0n) is 10.2. The number of carbonyl (C=O) groups is 1. The van der Waals surface area contributed by atoms with Crippen molar-refractivity contribution in [3.05, 3.63) is 35.4 Å². The largest absolute Gasteiger partial charge is 0.294 e. The molecule has 0 radical (unpaired) electrons. The normalized spacial score (nSPS) is 24.6. The highest BCUT2D eigenvalue weighted by atomic mass is 16.1. The van der Waals surface area contributed by atoms with E-state index in [0.29, 0.717) is 5.78 Å². The summed E-state index contributed by atoms with van der Waals surface area (Å²) in [4.78, 5) is 12.3. The molecule has 1 fully saturated rings. The van der Waals surface area contributed by atoms with Gasteiger partial charge in [0.2, 0.25) is 0 Å². The van der Waals surface area contributed by atoms with Crippen LogP contribution in [0.1, 0.15) is 49.0 Å². The first-order valence-corrected chi connectivity index (χ1v) is 6.34. The van der Waals surface area contributed by atoms with Gasteiger partial charge in [0.15, 0.2) is 5.78 Å².